The van der Waals surface area contributed by atoms with Crippen LogP contribution in [0.5, 0.6) is 0 Å². The number of amides is 2. The molecule has 0 fully saturated rings. The number of aromatic nitrogens is 2. The topological polar surface area (TPSA) is 97.1 Å². The minimum atomic E-state index is -0.380. The van der Waals surface area contributed by atoms with E-state index in [0.29, 0.717) is 33.6 Å². The second-order valence-electron chi connectivity index (χ2n) is 7.05. The lowest BCUT2D eigenvalue weighted by molar-refractivity contribution is 0.0920. The van der Waals surface area contributed by atoms with Gasteiger partial charge in [-0.25, -0.2) is 4.98 Å². The second-order valence-corrected chi connectivity index (χ2v) is 7.05. The third-order valence-electron chi connectivity index (χ3n) is 3.68. The van der Waals surface area contributed by atoms with Crippen molar-refractivity contribution < 1.29 is 14.1 Å². The zero-order valence-electron chi connectivity index (χ0n) is 15.1. The van der Waals surface area contributed by atoms with Crippen LogP contribution in [0.2, 0.25) is 0 Å². The molecule has 0 aliphatic heterocycles. The van der Waals surface area contributed by atoms with Gasteiger partial charge in [0.2, 0.25) is 0 Å². The van der Waals surface area contributed by atoms with Gasteiger partial charge in [0.15, 0.2) is 0 Å². The number of hydrogen-bond acceptors (Lipinski definition) is 5. The average molecular weight is 352 g/mol. The normalized spacial score (nSPS) is 11.4. The molecule has 1 aromatic carbocycles. The van der Waals surface area contributed by atoms with Crippen LogP contribution in [0.15, 0.2) is 41.1 Å². The Morgan fingerprint density at radius 1 is 1.12 bits per heavy atom. The number of benzene rings is 1. The molecule has 26 heavy (non-hydrogen) atoms. The zero-order chi connectivity index (χ0) is 18.9. The predicted molar refractivity (Wildman–Crippen MR) is 98.2 cm³/mol. The van der Waals surface area contributed by atoms with Crippen LogP contribution in [0.3, 0.4) is 0 Å². The van der Waals surface area contributed by atoms with E-state index in [9.17, 15) is 9.59 Å². The standard InChI is InChI=1S/C19H20N4O3/c1-11-14-9-12(10-20-18(14)26-23-11)16(24)21-15-8-6-5-7-13(15)17(25)22-19(2,3)4/h5-10H,1-4H3,(H,21,24)(H,22,25). The summed E-state index contributed by atoms with van der Waals surface area (Å²) in [5.41, 5.74) is 1.84. The van der Waals surface area contributed by atoms with Gasteiger partial charge in [-0.05, 0) is 45.9 Å². The number of hydrogen-bond donors (Lipinski definition) is 2. The Morgan fingerprint density at radius 2 is 1.85 bits per heavy atom. The third-order valence-corrected chi connectivity index (χ3v) is 3.68. The average Bonchev–Trinajstić information content (AvgIpc) is 2.94. The highest BCUT2D eigenvalue weighted by Crippen LogP contribution is 2.20. The van der Waals surface area contributed by atoms with Crippen molar-refractivity contribution >= 4 is 28.6 Å². The second kappa shape index (κ2) is 6.59. The molecule has 0 unspecified atom stereocenters. The Bertz CT molecular complexity index is 986. The van der Waals surface area contributed by atoms with E-state index in [1.165, 1.54) is 6.20 Å². The number of aryl methyl sites for hydroxylation is 1. The number of carbonyl (C=O) groups excluding carboxylic acids is 2. The largest absolute Gasteiger partial charge is 0.347 e. The number of anilines is 1. The van der Waals surface area contributed by atoms with Crippen molar-refractivity contribution in [3.8, 4) is 0 Å². The van der Waals surface area contributed by atoms with Crippen LogP contribution >= 0.6 is 0 Å². The summed E-state index contributed by atoms with van der Waals surface area (Å²) in [5.74, 6) is -0.618. The smallest absolute Gasteiger partial charge is 0.257 e. The van der Waals surface area contributed by atoms with Crippen molar-refractivity contribution in [3.05, 3.63) is 53.3 Å². The van der Waals surface area contributed by atoms with Gasteiger partial charge >= 0.3 is 0 Å². The number of nitrogens with zero attached hydrogens (tertiary/aromatic N) is 2. The Labute approximate surface area is 150 Å². The molecule has 2 N–H and O–H groups in total. The van der Waals surface area contributed by atoms with E-state index in [2.05, 4.69) is 20.8 Å². The van der Waals surface area contributed by atoms with Gasteiger partial charge in [-0.15, -0.1) is 0 Å². The van der Waals surface area contributed by atoms with E-state index in [4.69, 9.17) is 4.52 Å². The van der Waals surface area contributed by atoms with Crippen LogP contribution in [0.4, 0.5) is 5.69 Å². The monoisotopic (exact) mass is 352 g/mol. The highest BCUT2D eigenvalue weighted by atomic mass is 16.5. The van der Waals surface area contributed by atoms with E-state index in [1.807, 2.05) is 20.8 Å². The lowest BCUT2D eigenvalue weighted by Crippen LogP contribution is -2.40. The van der Waals surface area contributed by atoms with Crippen LogP contribution < -0.4 is 10.6 Å². The van der Waals surface area contributed by atoms with Gasteiger partial charge in [0, 0.05) is 11.7 Å². The van der Waals surface area contributed by atoms with Crippen LogP contribution in [-0.2, 0) is 0 Å². The summed E-state index contributed by atoms with van der Waals surface area (Å²) in [6, 6.07) is 8.53. The summed E-state index contributed by atoms with van der Waals surface area (Å²) in [5, 5.41) is 10.2. The number of carbonyl (C=O) groups is 2. The zero-order valence-corrected chi connectivity index (χ0v) is 15.1. The van der Waals surface area contributed by atoms with Crippen molar-refractivity contribution in [1.29, 1.82) is 0 Å². The quantitative estimate of drug-likeness (QED) is 0.754. The molecule has 0 saturated heterocycles. The van der Waals surface area contributed by atoms with Gasteiger partial charge in [0.25, 0.3) is 17.5 Å². The van der Waals surface area contributed by atoms with Gasteiger partial charge in [-0.1, -0.05) is 17.3 Å². The lowest BCUT2D eigenvalue weighted by Gasteiger charge is -2.21. The van der Waals surface area contributed by atoms with Gasteiger partial charge in [-0.2, -0.15) is 0 Å². The summed E-state index contributed by atoms with van der Waals surface area (Å²) in [7, 11) is 0. The number of fused-ring (bicyclic) bond motifs is 1. The van der Waals surface area contributed by atoms with Crippen LogP contribution in [0.1, 0.15) is 47.2 Å². The van der Waals surface area contributed by atoms with E-state index in [0.717, 1.165) is 0 Å². The van der Waals surface area contributed by atoms with Gasteiger partial charge in [0.1, 0.15) is 0 Å². The fourth-order valence-corrected chi connectivity index (χ4v) is 2.46. The van der Waals surface area contributed by atoms with E-state index in [1.54, 1.807) is 37.3 Å². The van der Waals surface area contributed by atoms with Crippen molar-refractivity contribution in [2.24, 2.45) is 0 Å². The highest BCUT2D eigenvalue weighted by Gasteiger charge is 2.19. The maximum Gasteiger partial charge on any atom is 0.257 e. The Morgan fingerprint density at radius 3 is 2.58 bits per heavy atom. The van der Waals surface area contributed by atoms with Gasteiger partial charge in [0.05, 0.1) is 27.9 Å². The summed E-state index contributed by atoms with van der Waals surface area (Å²) in [4.78, 5) is 29.2. The molecular formula is C19H20N4O3. The lowest BCUT2D eigenvalue weighted by atomic mass is 10.1. The molecule has 0 aliphatic rings. The maximum absolute atomic E-state index is 12.6. The fraction of sp³-hybridized carbons (Fsp3) is 0.263. The minimum Gasteiger partial charge on any atom is -0.347 e. The minimum absolute atomic E-state index is 0.253. The highest BCUT2D eigenvalue weighted by molar-refractivity contribution is 6.09. The first-order chi connectivity index (χ1) is 12.2. The molecule has 0 radical (unpaired) electrons. The molecule has 0 atom stereocenters. The molecule has 0 saturated carbocycles. The summed E-state index contributed by atoms with van der Waals surface area (Å²) >= 11 is 0. The van der Waals surface area contributed by atoms with Gasteiger partial charge < -0.3 is 15.2 Å². The molecule has 134 valence electrons. The first-order valence-electron chi connectivity index (χ1n) is 8.19. The molecule has 2 heterocycles. The number of para-hydroxylation sites is 1. The first kappa shape index (κ1) is 17.6. The Hall–Kier alpha value is -3.22. The van der Waals surface area contributed by atoms with Crippen molar-refractivity contribution in [2.45, 2.75) is 33.2 Å². The van der Waals surface area contributed by atoms with Crippen LogP contribution in [0.25, 0.3) is 11.1 Å². The molecule has 2 aromatic heterocycles. The molecule has 3 rings (SSSR count). The molecule has 0 aliphatic carbocycles. The summed E-state index contributed by atoms with van der Waals surface area (Å²) in [6.45, 7) is 7.47. The molecule has 0 bridgehead atoms. The number of nitrogens with one attached hydrogen (secondary N) is 2. The Kier molecular flexibility index (Phi) is 4.46. The molecule has 7 nitrogen and oxygen atoms in total. The SMILES string of the molecule is Cc1noc2ncc(C(=O)Nc3ccccc3C(=O)NC(C)(C)C)cc12. The fourth-order valence-electron chi connectivity index (χ4n) is 2.46. The van der Waals surface area contributed by atoms with E-state index in [-0.39, 0.29) is 17.4 Å². The third kappa shape index (κ3) is 3.72. The van der Waals surface area contributed by atoms with E-state index < -0.39 is 0 Å². The number of rotatable bonds is 3. The van der Waals surface area contributed by atoms with E-state index >= 15 is 0 Å². The summed E-state index contributed by atoms with van der Waals surface area (Å²) < 4.78 is 5.05. The number of pyridine rings is 1. The van der Waals surface area contributed by atoms with Crippen molar-refractivity contribution in [2.75, 3.05) is 5.32 Å². The molecule has 7 heteroatoms. The molecule has 0 spiro atoms. The van der Waals surface area contributed by atoms with Crippen LogP contribution in [-0.4, -0.2) is 27.5 Å². The van der Waals surface area contributed by atoms with Crippen LogP contribution in [0, 0.1) is 6.92 Å². The molecular weight excluding hydrogens is 332 g/mol. The molecule has 3 aromatic rings. The van der Waals surface area contributed by atoms with Crippen molar-refractivity contribution in [1.82, 2.24) is 15.5 Å². The van der Waals surface area contributed by atoms with Gasteiger partial charge in [-0.3, -0.25) is 9.59 Å². The first-order valence-corrected chi connectivity index (χ1v) is 8.19. The Balaban J connectivity index is 1.87. The predicted octanol–water partition coefficient (Wildman–Crippen LogP) is 3.31. The maximum atomic E-state index is 12.6. The van der Waals surface area contributed by atoms with Crippen molar-refractivity contribution in [3.63, 3.8) is 0 Å². The molecule has 2 amide bonds. The summed E-state index contributed by atoms with van der Waals surface area (Å²) in [6.07, 6.45) is 1.42.